The van der Waals surface area contributed by atoms with Crippen molar-refractivity contribution in [3.63, 3.8) is 0 Å². The number of aromatic hydroxyl groups is 2. The molecule has 1 heterocycles. The fourth-order valence-corrected chi connectivity index (χ4v) is 2.00. The predicted octanol–water partition coefficient (Wildman–Crippen LogP) is 1.21. The standard InChI is InChI=1S/C15H11FN2O7/c16-12-4-7(15(24)25)9(5-17-12)18-14(23)8-3-10(19)6(1-11(8)20)2-13(21)22/h1,3-5,19-20H,2H2,(H,18,23)(H,21,22)(H,24,25). The second kappa shape index (κ2) is 6.83. The van der Waals surface area contributed by atoms with Crippen LogP contribution in [0.5, 0.6) is 11.5 Å². The van der Waals surface area contributed by atoms with Gasteiger partial charge in [-0.2, -0.15) is 4.39 Å². The largest absolute Gasteiger partial charge is 0.508 e. The summed E-state index contributed by atoms with van der Waals surface area (Å²) in [5.74, 6) is -6.00. The normalized spacial score (nSPS) is 10.3. The van der Waals surface area contributed by atoms with Gasteiger partial charge in [0.15, 0.2) is 0 Å². The van der Waals surface area contributed by atoms with Crippen molar-refractivity contribution in [3.05, 3.63) is 47.0 Å². The molecule has 1 aromatic carbocycles. The number of nitrogens with one attached hydrogen (secondary N) is 1. The molecule has 0 atom stereocenters. The highest BCUT2D eigenvalue weighted by atomic mass is 19.1. The van der Waals surface area contributed by atoms with E-state index in [1.54, 1.807) is 0 Å². The number of phenolic OH excluding ortho intramolecular Hbond substituents is 2. The lowest BCUT2D eigenvalue weighted by atomic mass is 10.1. The van der Waals surface area contributed by atoms with Crippen LogP contribution in [0.2, 0.25) is 0 Å². The minimum atomic E-state index is -1.51. The van der Waals surface area contributed by atoms with Crippen molar-refractivity contribution in [1.29, 1.82) is 0 Å². The molecule has 0 saturated carbocycles. The Morgan fingerprint density at radius 2 is 1.72 bits per heavy atom. The third kappa shape index (κ3) is 3.99. The van der Waals surface area contributed by atoms with E-state index in [0.29, 0.717) is 6.07 Å². The smallest absolute Gasteiger partial charge is 0.338 e. The van der Waals surface area contributed by atoms with Crippen LogP contribution in [0, 0.1) is 5.95 Å². The van der Waals surface area contributed by atoms with Crippen molar-refractivity contribution >= 4 is 23.5 Å². The number of amides is 1. The van der Waals surface area contributed by atoms with Gasteiger partial charge in [-0.1, -0.05) is 0 Å². The average molecular weight is 350 g/mol. The Morgan fingerprint density at radius 1 is 1.04 bits per heavy atom. The highest BCUT2D eigenvalue weighted by Gasteiger charge is 2.20. The van der Waals surface area contributed by atoms with Gasteiger partial charge in [0.25, 0.3) is 5.91 Å². The zero-order chi connectivity index (χ0) is 18.7. The number of phenols is 2. The highest BCUT2D eigenvalue weighted by Crippen LogP contribution is 2.28. The molecule has 0 bridgehead atoms. The van der Waals surface area contributed by atoms with Gasteiger partial charge >= 0.3 is 11.9 Å². The highest BCUT2D eigenvalue weighted by molar-refractivity contribution is 6.09. The summed E-state index contributed by atoms with van der Waals surface area (Å²) in [4.78, 5) is 37.1. The number of aromatic carboxylic acids is 1. The first-order chi connectivity index (χ1) is 11.7. The van der Waals surface area contributed by atoms with E-state index in [0.717, 1.165) is 18.3 Å². The van der Waals surface area contributed by atoms with Crippen molar-refractivity contribution in [2.75, 3.05) is 5.32 Å². The van der Waals surface area contributed by atoms with E-state index in [-0.39, 0.29) is 11.3 Å². The Balaban J connectivity index is 2.35. The summed E-state index contributed by atoms with van der Waals surface area (Å²) in [6, 6.07) is 2.34. The second-order valence-corrected chi connectivity index (χ2v) is 4.88. The minimum absolute atomic E-state index is 0.115. The van der Waals surface area contributed by atoms with Crippen LogP contribution in [0.4, 0.5) is 10.1 Å². The topological polar surface area (TPSA) is 157 Å². The van der Waals surface area contributed by atoms with Crippen LogP contribution in [0.3, 0.4) is 0 Å². The van der Waals surface area contributed by atoms with Crippen molar-refractivity contribution in [1.82, 2.24) is 4.98 Å². The zero-order valence-electron chi connectivity index (χ0n) is 12.4. The van der Waals surface area contributed by atoms with E-state index in [1.165, 1.54) is 0 Å². The van der Waals surface area contributed by atoms with Gasteiger partial charge in [-0.15, -0.1) is 0 Å². The molecule has 0 aliphatic heterocycles. The lowest BCUT2D eigenvalue weighted by Gasteiger charge is -2.11. The molecule has 0 fully saturated rings. The van der Waals surface area contributed by atoms with Gasteiger partial charge in [0, 0.05) is 11.6 Å². The van der Waals surface area contributed by atoms with E-state index in [2.05, 4.69) is 10.3 Å². The van der Waals surface area contributed by atoms with Gasteiger partial charge in [0.1, 0.15) is 11.5 Å². The van der Waals surface area contributed by atoms with Crippen molar-refractivity contribution in [2.24, 2.45) is 0 Å². The molecule has 1 aromatic heterocycles. The molecule has 0 aliphatic carbocycles. The maximum atomic E-state index is 13.0. The molecule has 2 rings (SSSR count). The summed E-state index contributed by atoms with van der Waals surface area (Å²) in [7, 11) is 0. The summed E-state index contributed by atoms with van der Waals surface area (Å²) < 4.78 is 13.0. The Morgan fingerprint density at radius 3 is 2.32 bits per heavy atom. The van der Waals surface area contributed by atoms with Crippen LogP contribution in [0.25, 0.3) is 0 Å². The minimum Gasteiger partial charge on any atom is -0.508 e. The molecular formula is C15H11FN2O7. The molecule has 25 heavy (non-hydrogen) atoms. The van der Waals surface area contributed by atoms with Gasteiger partial charge in [0.05, 0.1) is 29.4 Å². The van der Waals surface area contributed by atoms with Crippen LogP contribution >= 0.6 is 0 Å². The first-order valence-electron chi connectivity index (χ1n) is 6.66. The number of rotatable bonds is 5. The number of carboxylic acids is 2. The molecule has 2 aromatic rings. The lowest BCUT2D eigenvalue weighted by Crippen LogP contribution is -2.16. The summed E-state index contributed by atoms with van der Waals surface area (Å²) >= 11 is 0. The molecule has 130 valence electrons. The molecule has 9 nitrogen and oxygen atoms in total. The quantitative estimate of drug-likeness (QED) is 0.398. The molecule has 0 aliphatic rings. The zero-order valence-corrected chi connectivity index (χ0v) is 12.4. The molecule has 5 N–H and O–H groups in total. The first-order valence-corrected chi connectivity index (χ1v) is 6.66. The number of anilines is 1. The van der Waals surface area contributed by atoms with E-state index in [9.17, 15) is 29.0 Å². The molecule has 0 radical (unpaired) electrons. The summed E-state index contributed by atoms with van der Waals surface area (Å²) in [5.41, 5.74) is -1.44. The Kier molecular flexibility index (Phi) is 4.82. The number of pyridine rings is 1. The number of nitrogens with zero attached hydrogens (tertiary/aromatic N) is 1. The third-order valence-corrected chi connectivity index (χ3v) is 3.13. The third-order valence-electron chi connectivity index (χ3n) is 3.13. The molecular weight excluding hydrogens is 339 g/mol. The van der Waals surface area contributed by atoms with Crippen LogP contribution in [-0.2, 0) is 11.2 Å². The van der Waals surface area contributed by atoms with Gasteiger partial charge < -0.3 is 25.7 Å². The van der Waals surface area contributed by atoms with Gasteiger partial charge in [-0.3, -0.25) is 9.59 Å². The molecule has 0 saturated heterocycles. The van der Waals surface area contributed by atoms with Gasteiger partial charge in [0.2, 0.25) is 5.95 Å². The molecule has 10 heteroatoms. The van der Waals surface area contributed by atoms with Crippen LogP contribution in [-0.4, -0.2) is 43.3 Å². The number of carboxylic acid groups (broad SMARTS) is 2. The van der Waals surface area contributed by atoms with Crippen molar-refractivity contribution in [2.45, 2.75) is 6.42 Å². The fraction of sp³-hybridized carbons (Fsp3) is 0.0667. The van der Waals surface area contributed by atoms with E-state index >= 15 is 0 Å². The average Bonchev–Trinajstić information content (AvgIpc) is 2.51. The Bertz CT molecular complexity index is 882. The van der Waals surface area contributed by atoms with E-state index < -0.39 is 52.8 Å². The molecule has 0 spiro atoms. The predicted molar refractivity (Wildman–Crippen MR) is 80.2 cm³/mol. The first kappa shape index (κ1) is 17.7. The van der Waals surface area contributed by atoms with Crippen LogP contribution in [0.15, 0.2) is 24.4 Å². The van der Waals surface area contributed by atoms with E-state index in [1.807, 2.05) is 0 Å². The maximum Gasteiger partial charge on any atom is 0.338 e. The number of carbonyl (C=O) groups excluding carboxylic acids is 1. The summed E-state index contributed by atoms with van der Waals surface area (Å²) in [6.07, 6.45) is 0.207. The van der Waals surface area contributed by atoms with Gasteiger partial charge in [-0.25, -0.2) is 9.78 Å². The number of aromatic nitrogens is 1. The van der Waals surface area contributed by atoms with Gasteiger partial charge in [-0.05, 0) is 12.1 Å². The summed E-state index contributed by atoms with van der Waals surface area (Å²) in [5, 5.41) is 39.4. The number of hydrogen-bond donors (Lipinski definition) is 5. The SMILES string of the molecule is O=C(O)Cc1cc(O)c(C(=O)Nc2cnc(F)cc2C(=O)O)cc1O. The maximum absolute atomic E-state index is 13.0. The van der Waals surface area contributed by atoms with Crippen LogP contribution < -0.4 is 5.32 Å². The Hall–Kier alpha value is -3.69. The number of aliphatic carboxylic acids is 1. The molecule has 0 unspecified atom stereocenters. The van der Waals surface area contributed by atoms with Crippen molar-refractivity contribution in [3.8, 4) is 11.5 Å². The second-order valence-electron chi connectivity index (χ2n) is 4.88. The monoisotopic (exact) mass is 350 g/mol. The lowest BCUT2D eigenvalue weighted by molar-refractivity contribution is -0.136. The number of halogens is 1. The Labute approximate surface area is 139 Å². The molecule has 1 amide bonds. The van der Waals surface area contributed by atoms with E-state index in [4.69, 9.17) is 10.2 Å². The number of hydrogen-bond acceptors (Lipinski definition) is 6. The van der Waals surface area contributed by atoms with Crippen LogP contribution in [0.1, 0.15) is 26.3 Å². The summed E-state index contributed by atoms with van der Waals surface area (Å²) in [6.45, 7) is 0. The number of carbonyl (C=O) groups is 3. The fourth-order valence-electron chi connectivity index (χ4n) is 2.00. The number of benzene rings is 1. The van der Waals surface area contributed by atoms with Crippen molar-refractivity contribution < 1.29 is 39.2 Å².